The Bertz CT molecular complexity index is 402. The molecule has 16 heavy (non-hydrogen) atoms. The summed E-state index contributed by atoms with van der Waals surface area (Å²) in [6.07, 6.45) is 0.378. The first-order valence-electron chi connectivity index (χ1n) is 5.25. The number of hydrogen-bond donors (Lipinski definition) is 2. The third-order valence-electron chi connectivity index (χ3n) is 2.32. The fourth-order valence-corrected chi connectivity index (χ4v) is 2.26. The summed E-state index contributed by atoms with van der Waals surface area (Å²) >= 11 is 0. The van der Waals surface area contributed by atoms with Crippen molar-refractivity contribution in [3.8, 4) is 0 Å². The summed E-state index contributed by atoms with van der Waals surface area (Å²) in [4.78, 5) is 0. The maximum absolute atomic E-state index is 11.5. The standard InChI is InChI=1S/C11H17NO3S/c1-2-16(14,15)12-11(8-9-13)10-6-4-3-5-7-10/h3-7,11-13H,2,8-9H2,1H3/t11-/m1/s1. The van der Waals surface area contributed by atoms with Gasteiger partial charge in [0.25, 0.3) is 0 Å². The minimum Gasteiger partial charge on any atom is -0.396 e. The first-order valence-corrected chi connectivity index (χ1v) is 6.90. The summed E-state index contributed by atoms with van der Waals surface area (Å²) in [6, 6.07) is 8.90. The van der Waals surface area contributed by atoms with Gasteiger partial charge >= 0.3 is 0 Å². The average molecular weight is 243 g/mol. The second-order valence-electron chi connectivity index (χ2n) is 3.50. The van der Waals surface area contributed by atoms with Crippen LogP contribution in [0.3, 0.4) is 0 Å². The Morgan fingerprint density at radius 1 is 1.31 bits per heavy atom. The minimum atomic E-state index is -3.25. The second-order valence-corrected chi connectivity index (χ2v) is 5.54. The Morgan fingerprint density at radius 2 is 1.94 bits per heavy atom. The molecule has 0 aliphatic rings. The van der Waals surface area contributed by atoms with Crippen LogP contribution in [0.5, 0.6) is 0 Å². The van der Waals surface area contributed by atoms with Crippen LogP contribution < -0.4 is 4.72 Å². The van der Waals surface area contributed by atoms with Crippen molar-refractivity contribution in [2.45, 2.75) is 19.4 Å². The monoisotopic (exact) mass is 243 g/mol. The smallest absolute Gasteiger partial charge is 0.211 e. The van der Waals surface area contributed by atoms with E-state index in [2.05, 4.69) is 4.72 Å². The minimum absolute atomic E-state index is 0.0434. The summed E-state index contributed by atoms with van der Waals surface area (Å²) in [7, 11) is -3.25. The molecule has 90 valence electrons. The molecule has 1 aromatic carbocycles. The van der Waals surface area contributed by atoms with Crippen LogP contribution >= 0.6 is 0 Å². The van der Waals surface area contributed by atoms with Crippen molar-refractivity contribution in [1.82, 2.24) is 4.72 Å². The molecule has 1 atom stereocenters. The van der Waals surface area contributed by atoms with Gasteiger partial charge in [-0.3, -0.25) is 0 Å². The maximum Gasteiger partial charge on any atom is 0.211 e. The lowest BCUT2D eigenvalue weighted by Gasteiger charge is -2.17. The molecular weight excluding hydrogens is 226 g/mol. The third-order valence-corrected chi connectivity index (χ3v) is 3.73. The van der Waals surface area contributed by atoms with Crippen LogP contribution in [0.2, 0.25) is 0 Å². The first kappa shape index (κ1) is 13.2. The van der Waals surface area contributed by atoms with E-state index in [0.29, 0.717) is 6.42 Å². The van der Waals surface area contributed by atoms with E-state index in [-0.39, 0.29) is 18.4 Å². The number of sulfonamides is 1. The van der Waals surface area contributed by atoms with Crippen LogP contribution in [-0.2, 0) is 10.0 Å². The van der Waals surface area contributed by atoms with Gasteiger partial charge in [-0.05, 0) is 18.9 Å². The molecule has 0 fully saturated rings. The van der Waals surface area contributed by atoms with E-state index in [4.69, 9.17) is 5.11 Å². The number of hydrogen-bond acceptors (Lipinski definition) is 3. The maximum atomic E-state index is 11.5. The summed E-state index contributed by atoms with van der Waals surface area (Å²) in [6.45, 7) is 1.54. The number of aliphatic hydroxyl groups excluding tert-OH is 1. The van der Waals surface area contributed by atoms with Crippen LogP contribution in [0.25, 0.3) is 0 Å². The van der Waals surface area contributed by atoms with Crippen molar-refractivity contribution in [1.29, 1.82) is 0 Å². The number of nitrogens with one attached hydrogen (secondary N) is 1. The lowest BCUT2D eigenvalue weighted by molar-refractivity contribution is 0.272. The van der Waals surface area contributed by atoms with E-state index < -0.39 is 10.0 Å². The summed E-state index contributed by atoms with van der Waals surface area (Å²) < 4.78 is 25.5. The highest BCUT2D eigenvalue weighted by Gasteiger charge is 2.17. The van der Waals surface area contributed by atoms with Gasteiger partial charge in [-0.15, -0.1) is 0 Å². The highest BCUT2D eigenvalue weighted by molar-refractivity contribution is 7.89. The van der Waals surface area contributed by atoms with E-state index in [1.807, 2.05) is 30.3 Å². The van der Waals surface area contributed by atoms with Crippen LogP contribution in [-0.4, -0.2) is 25.9 Å². The molecule has 0 saturated heterocycles. The van der Waals surface area contributed by atoms with Crippen molar-refractivity contribution in [3.63, 3.8) is 0 Å². The molecule has 0 aliphatic carbocycles. The Kier molecular flexibility index (Phi) is 4.92. The van der Waals surface area contributed by atoms with Crippen LogP contribution in [0, 0.1) is 0 Å². The molecule has 0 unspecified atom stereocenters. The Labute approximate surface area is 96.4 Å². The van der Waals surface area contributed by atoms with E-state index in [1.165, 1.54) is 0 Å². The van der Waals surface area contributed by atoms with E-state index in [0.717, 1.165) is 5.56 Å². The van der Waals surface area contributed by atoms with Gasteiger partial charge in [0.2, 0.25) is 10.0 Å². The van der Waals surface area contributed by atoms with E-state index in [9.17, 15) is 8.42 Å². The fourth-order valence-electron chi connectivity index (χ4n) is 1.41. The highest BCUT2D eigenvalue weighted by Crippen LogP contribution is 2.17. The van der Waals surface area contributed by atoms with Crippen LogP contribution in [0.1, 0.15) is 24.9 Å². The van der Waals surface area contributed by atoms with Gasteiger partial charge in [0.05, 0.1) is 5.75 Å². The highest BCUT2D eigenvalue weighted by atomic mass is 32.2. The van der Waals surface area contributed by atoms with E-state index in [1.54, 1.807) is 6.92 Å². The molecular formula is C11H17NO3S. The average Bonchev–Trinajstić information content (AvgIpc) is 2.29. The first-order chi connectivity index (χ1) is 7.59. The van der Waals surface area contributed by atoms with Crippen molar-refractivity contribution in [2.75, 3.05) is 12.4 Å². The van der Waals surface area contributed by atoms with Crippen molar-refractivity contribution < 1.29 is 13.5 Å². The molecule has 0 bridgehead atoms. The normalized spacial score (nSPS) is 13.6. The molecule has 2 N–H and O–H groups in total. The van der Waals surface area contributed by atoms with Gasteiger partial charge in [0.1, 0.15) is 0 Å². The number of rotatable bonds is 6. The topological polar surface area (TPSA) is 66.4 Å². The summed E-state index contributed by atoms with van der Waals surface area (Å²) in [5.41, 5.74) is 0.869. The lowest BCUT2D eigenvalue weighted by Crippen LogP contribution is -2.30. The summed E-state index contributed by atoms with van der Waals surface area (Å²) in [5, 5.41) is 8.93. The van der Waals surface area contributed by atoms with Gasteiger partial charge in [0, 0.05) is 12.6 Å². The third kappa shape index (κ3) is 3.92. The molecule has 4 nitrogen and oxygen atoms in total. The van der Waals surface area contributed by atoms with E-state index >= 15 is 0 Å². The molecule has 1 aromatic rings. The molecule has 1 rings (SSSR count). The SMILES string of the molecule is CCS(=O)(=O)N[C@H](CCO)c1ccccc1. The second kappa shape index (κ2) is 5.98. The van der Waals surface area contributed by atoms with Crippen LogP contribution in [0.15, 0.2) is 30.3 Å². The molecule has 0 saturated carbocycles. The lowest BCUT2D eigenvalue weighted by atomic mass is 10.1. The Balaban J connectivity index is 2.84. The fraction of sp³-hybridized carbons (Fsp3) is 0.455. The largest absolute Gasteiger partial charge is 0.396 e. The Hall–Kier alpha value is -0.910. The van der Waals surface area contributed by atoms with Crippen molar-refractivity contribution >= 4 is 10.0 Å². The molecule has 0 heterocycles. The predicted octanol–water partition coefficient (Wildman–Crippen LogP) is 1.05. The predicted molar refractivity (Wildman–Crippen MR) is 63.5 cm³/mol. The van der Waals surface area contributed by atoms with Gasteiger partial charge in [-0.2, -0.15) is 0 Å². The quantitative estimate of drug-likeness (QED) is 0.785. The molecule has 5 heteroatoms. The Morgan fingerprint density at radius 3 is 2.44 bits per heavy atom. The number of benzene rings is 1. The molecule has 0 spiro atoms. The van der Waals surface area contributed by atoms with Crippen molar-refractivity contribution in [3.05, 3.63) is 35.9 Å². The molecule has 0 amide bonds. The summed E-state index contributed by atoms with van der Waals surface area (Å²) in [5.74, 6) is 0.0434. The van der Waals surface area contributed by atoms with Crippen LogP contribution in [0.4, 0.5) is 0 Å². The molecule has 0 aromatic heterocycles. The van der Waals surface area contributed by atoms with Gasteiger partial charge in [-0.25, -0.2) is 13.1 Å². The zero-order valence-electron chi connectivity index (χ0n) is 9.26. The van der Waals surface area contributed by atoms with Gasteiger partial charge in [0.15, 0.2) is 0 Å². The zero-order valence-corrected chi connectivity index (χ0v) is 10.1. The van der Waals surface area contributed by atoms with Gasteiger partial charge in [-0.1, -0.05) is 30.3 Å². The molecule has 0 radical (unpaired) electrons. The van der Waals surface area contributed by atoms with Crippen molar-refractivity contribution in [2.24, 2.45) is 0 Å². The molecule has 0 aliphatic heterocycles. The van der Waals surface area contributed by atoms with Gasteiger partial charge < -0.3 is 5.11 Å². The zero-order chi connectivity index (χ0) is 12.0. The number of aliphatic hydroxyl groups is 1.